The number of nitrogens with one attached hydrogen (secondary N) is 4. The van der Waals surface area contributed by atoms with Crippen LogP contribution in [0, 0.1) is 11.3 Å². The summed E-state index contributed by atoms with van der Waals surface area (Å²) in [6, 6.07) is -3.23. The van der Waals surface area contributed by atoms with Crippen molar-refractivity contribution in [3.63, 3.8) is 0 Å². The fraction of sp³-hybridized carbons (Fsp3) is 0.861. The predicted octanol–water partition coefficient (Wildman–Crippen LogP) is 3.66. The Morgan fingerprint density at radius 1 is 0.816 bits per heavy atom. The van der Waals surface area contributed by atoms with E-state index >= 15 is 0 Å². The molecule has 0 aromatic rings. The van der Waals surface area contributed by atoms with Gasteiger partial charge in [-0.1, -0.05) is 58.3 Å². The smallest absolute Gasteiger partial charge is 0.315 e. The third kappa shape index (κ3) is 9.35. The van der Waals surface area contributed by atoms with E-state index in [1.54, 1.807) is 25.7 Å². The summed E-state index contributed by atoms with van der Waals surface area (Å²) in [5.41, 5.74) is -1.49. The zero-order chi connectivity index (χ0) is 35.6. The van der Waals surface area contributed by atoms with Crippen LogP contribution in [0.15, 0.2) is 0 Å². The molecular formula is C36H59N5O7S. The minimum Gasteiger partial charge on any atom is -0.347 e. The van der Waals surface area contributed by atoms with Crippen molar-refractivity contribution in [2.45, 2.75) is 171 Å². The highest BCUT2D eigenvalue weighted by Gasteiger charge is 2.48. The Morgan fingerprint density at radius 3 is 2.00 bits per heavy atom. The van der Waals surface area contributed by atoms with Crippen molar-refractivity contribution in [2.24, 2.45) is 11.3 Å². The molecule has 4 saturated carbocycles. The second kappa shape index (κ2) is 14.9. The molecule has 0 radical (unpaired) electrons. The van der Waals surface area contributed by atoms with Crippen molar-refractivity contribution in [1.82, 2.24) is 26.2 Å². The molecule has 49 heavy (non-hydrogen) atoms. The molecule has 0 spiro atoms. The molecule has 4 aliphatic carbocycles. The molecular weight excluding hydrogens is 646 g/mol. The van der Waals surface area contributed by atoms with Crippen LogP contribution in [-0.2, 0) is 29.0 Å². The summed E-state index contributed by atoms with van der Waals surface area (Å²) in [6.07, 6.45) is 13.0. The summed E-state index contributed by atoms with van der Waals surface area (Å²) in [6.45, 7) is 7.38. The number of sulfone groups is 1. The molecule has 4 N–H and O–H groups in total. The van der Waals surface area contributed by atoms with E-state index in [0.717, 1.165) is 77.0 Å². The fourth-order valence-corrected chi connectivity index (χ4v) is 9.52. The first-order valence-electron chi connectivity index (χ1n) is 18.8. The summed E-state index contributed by atoms with van der Waals surface area (Å²) in [7, 11) is -3.55. The minimum atomic E-state index is -3.55. The van der Waals surface area contributed by atoms with Crippen LogP contribution < -0.4 is 21.3 Å². The van der Waals surface area contributed by atoms with E-state index in [1.807, 2.05) is 6.92 Å². The number of hydrogen-bond acceptors (Lipinski definition) is 7. The fourth-order valence-electron chi connectivity index (χ4n) is 8.00. The summed E-state index contributed by atoms with van der Waals surface area (Å²) >= 11 is 0. The maximum absolute atomic E-state index is 14.6. The van der Waals surface area contributed by atoms with Gasteiger partial charge in [-0.2, -0.15) is 0 Å². The lowest BCUT2D eigenvalue weighted by Gasteiger charge is -2.44. The first kappa shape index (κ1) is 37.6. The quantitative estimate of drug-likeness (QED) is 0.212. The number of Topliss-reactive ketones (excluding diaryl/α,β-unsaturated/α-hetero) is 1. The Bertz CT molecular complexity index is 1370. The molecule has 12 nitrogen and oxygen atoms in total. The monoisotopic (exact) mass is 705 g/mol. The number of ketones is 1. The highest BCUT2D eigenvalue weighted by Crippen LogP contribution is 2.41. The third-order valence-electron chi connectivity index (χ3n) is 11.7. The average molecular weight is 706 g/mol. The first-order valence-corrected chi connectivity index (χ1v) is 20.4. The van der Waals surface area contributed by atoms with Crippen LogP contribution in [0.2, 0.25) is 0 Å². The molecule has 3 atom stereocenters. The molecule has 5 fully saturated rings. The molecule has 5 aliphatic rings. The standard InChI is InChI=1S/C36H59N5O7S/c1-34(2,3)49(47,48)23-36(19-9-6-10-20-36)40-33(46)39-29(35(4)17-7-5-8-18-35)32(45)41-21-11-12-27(41)30(43)38-26(22-24-13-14-24)28(42)31(44)37-25-15-16-25/h24-27,29H,5-23H2,1-4H3,(H,37,44)(H,38,43)(H2,39,40,46)/t26?,27?,29-/m1/s1. The molecule has 1 heterocycles. The van der Waals surface area contributed by atoms with Gasteiger partial charge in [0.15, 0.2) is 9.84 Å². The van der Waals surface area contributed by atoms with Crippen LogP contribution in [0.1, 0.15) is 137 Å². The van der Waals surface area contributed by atoms with E-state index in [9.17, 15) is 32.4 Å². The van der Waals surface area contributed by atoms with Gasteiger partial charge in [-0.25, -0.2) is 13.2 Å². The molecule has 13 heteroatoms. The average Bonchev–Trinajstić information content (AvgIpc) is 3.97. The van der Waals surface area contributed by atoms with Gasteiger partial charge in [0.1, 0.15) is 12.1 Å². The van der Waals surface area contributed by atoms with Gasteiger partial charge in [-0.3, -0.25) is 19.2 Å². The molecule has 2 unspecified atom stereocenters. The van der Waals surface area contributed by atoms with E-state index in [1.165, 1.54) is 0 Å². The summed E-state index contributed by atoms with van der Waals surface area (Å²) in [5.74, 6) is -1.98. The van der Waals surface area contributed by atoms with Gasteiger partial charge >= 0.3 is 6.03 Å². The molecule has 0 aromatic heterocycles. The van der Waals surface area contributed by atoms with Gasteiger partial charge in [0.05, 0.1) is 22.1 Å². The molecule has 1 saturated heterocycles. The topological polar surface area (TPSA) is 171 Å². The number of nitrogens with zero attached hydrogens (tertiary/aromatic N) is 1. The van der Waals surface area contributed by atoms with E-state index < -0.39 is 67.3 Å². The zero-order valence-corrected chi connectivity index (χ0v) is 30.9. The van der Waals surface area contributed by atoms with Gasteiger partial charge in [0, 0.05) is 12.6 Å². The number of carbonyl (C=O) groups is 5. The van der Waals surface area contributed by atoms with E-state index in [2.05, 4.69) is 21.3 Å². The highest BCUT2D eigenvalue weighted by molar-refractivity contribution is 7.92. The second-order valence-electron chi connectivity index (χ2n) is 17.0. The second-order valence-corrected chi connectivity index (χ2v) is 19.7. The molecule has 5 rings (SSSR count). The number of likely N-dealkylation sites (tertiary alicyclic amines) is 1. The van der Waals surface area contributed by atoms with Crippen molar-refractivity contribution < 1.29 is 32.4 Å². The van der Waals surface area contributed by atoms with Crippen LogP contribution in [-0.4, -0.2) is 89.6 Å². The summed E-state index contributed by atoms with van der Waals surface area (Å²) in [4.78, 5) is 69.6. The van der Waals surface area contributed by atoms with Crippen molar-refractivity contribution in [1.29, 1.82) is 0 Å². The molecule has 1 aliphatic heterocycles. The van der Waals surface area contributed by atoms with Crippen molar-refractivity contribution in [3.8, 4) is 0 Å². The lowest BCUT2D eigenvalue weighted by molar-refractivity contribution is -0.144. The van der Waals surface area contributed by atoms with Gasteiger partial charge < -0.3 is 26.2 Å². The van der Waals surface area contributed by atoms with Gasteiger partial charge in [-0.05, 0) is 89.9 Å². The largest absolute Gasteiger partial charge is 0.347 e. The van der Waals surface area contributed by atoms with Gasteiger partial charge in [0.25, 0.3) is 5.91 Å². The summed E-state index contributed by atoms with van der Waals surface area (Å²) in [5, 5.41) is 11.7. The molecule has 0 bridgehead atoms. The highest BCUT2D eigenvalue weighted by atomic mass is 32.2. The van der Waals surface area contributed by atoms with Crippen LogP contribution in [0.3, 0.4) is 0 Å². The van der Waals surface area contributed by atoms with Crippen molar-refractivity contribution in [3.05, 3.63) is 0 Å². The van der Waals surface area contributed by atoms with Crippen LogP contribution in [0.25, 0.3) is 0 Å². The van der Waals surface area contributed by atoms with Crippen LogP contribution in [0.5, 0.6) is 0 Å². The Kier molecular flexibility index (Phi) is 11.4. The maximum Gasteiger partial charge on any atom is 0.315 e. The Morgan fingerprint density at radius 2 is 1.43 bits per heavy atom. The van der Waals surface area contributed by atoms with Crippen molar-refractivity contribution >= 4 is 39.4 Å². The number of carbonyl (C=O) groups excluding carboxylic acids is 5. The Balaban J connectivity index is 1.32. The Hall–Kier alpha value is -2.70. The van der Waals surface area contributed by atoms with Gasteiger partial charge in [-0.15, -0.1) is 0 Å². The SMILES string of the molecule is CC1([C@H](NC(=O)NC2(CS(=O)(=O)C(C)(C)C)CCCCC2)C(=O)N2CCCC2C(=O)NC(CC2CC2)C(=O)C(=O)NC2CC2)CCCCC1. The zero-order valence-electron chi connectivity index (χ0n) is 30.0. The van der Waals surface area contributed by atoms with E-state index in [4.69, 9.17) is 0 Å². The van der Waals surface area contributed by atoms with Gasteiger partial charge in [0.2, 0.25) is 17.6 Å². The normalized spacial score (nSPS) is 25.1. The maximum atomic E-state index is 14.6. The van der Waals surface area contributed by atoms with Crippen LogP contribution in [0.4, 0.5) is 4.79 Å². The number of amides is 5. The number of rotatable bonds is 13. The van der Waals surface area contributed by atoms with E-state index in [-0.39, 0.29) is 23.6 Å². The minimum absolute atomic E-state index is 0.0235. The first-order chi connectivity index (χ1) is 23.0. The predicted molar refractivity (Wildman–Crippen MR) is 186 cm³/mol. The summed E-state index contributed by atoms with van der Waals surface area (Å²) < 4.78 is 25.8. The third-order valence-corrected chi connectivity index (χ3v) is 14.5. The molecule has 276 valence electrons. The van der Waals surface area contributed by atoms with Crippen molar-refractivity contribution in [2.75, 3.05) is 12.3 Å². The molecule has 0 aromatic carbocycles. The Labute approximate surface area is 292 Å². The van der Waals surface area contributed by atoms with Crippen LogP contribution >= 0.6 is 0 Å². The number of hydrogen-bond donors (Lipinski definition) is 4. The lowest BCUT2D eigenvalue weighted by Crippen LogP contribution is -2.64. The number of urea groups is 1. The molecule has 5 amide bonds. The lowest BCUT2D eigenvalue weighted by atomic mass is 9.70. The van der Waals surface area contributed by atoms with E-state index in [0.29, 0.717) is 38.6 Å².